The lowest BCUT2D eigenvalue weighted by atomic mass is 10.1. The van der Waals surface area contributed by atoms with E-state index >= 15 is 0 Å². The van der Waals surface area contributed by atoms with Crippen molar-refractivity contribution in [1.29, 1.82) is 5.26 Å². The van der Waals surface area contributed by atoms with E-state index in [4.69, 9.17) is 27.6 Å². The number of hydrogen-bond acceptors (Lipinski definition) is 4. The number of nitriles is 1. The fraction of sp³-hybridized carbons (Fsp3) is 0.300. The second-order valence-corrected chi connectivity index (χ2v) is 7.16. The van der Waals surface area contributed by atoms with Crippen molar-refractivity contribution in [1.82, 2.24) is 9.55 Å². The van der Waals surface area contributed by atoms with E-state index in [9.17, 15) is 0 Å². The Bertz CT molecular complexity index is 988. The zero-order valence-corrected chi connectivity index (χ0v) is 15.2. The number of rotatable bonds is 3. The molecule has 26 heavy (non-hydrogen) atoms. The molecule has 0 amide bonds. The predicted octanol–water partition coefficient (Wildman–Crippen LogP) is 3.54. The van der Waals surface area contributed by atoms with Crippen molar-refractivity contribution in [3.63, 3.8) is 0 Å². The first-order chi connectivity index (χ1) is 12.7. The van der Waals surface area contributed by atoms with E-state index in [1.807, 2.05) is 24.3 Å². The molecule has 6 heteroatoms. The summed E-state index contributed by atoms with van der Waals surface area (Å²) >= 11 is 6.42. The van der Waals surface area contributed by atoms with Crippen molar-refractivity contribution in [2.45, 2.75) is 25.4 Å². The van der Waals surface area contributed by atoms with E-state index in [2.05, 4.69) is 21.6 Å². The van der Waals surface area contributed by atoms with Crippen molar-refractivity contribution in [3.05, 3.63) is 58.6 Å². The monoisotopic (exact) mass is 365 g/mol. The maximum atomic E-state index is 9.05. The Morgan fingerprint density at radius 3 is 2.88 bits per heavy atom. The molecule has 1 aliphatic heterocycles. The van der Waals surface area contributed by atoms with Crippen LogP contribution in [0.1, 0.15) is 24.0 Å². The molecule has 132 valence electrons. The first kappa shape index (κ1) is 16.9. The second-order valence-electron chi connectivity index (χ2n) is 6.75. The van der Waals surface area contributed by atoms with Gasteiger partial charge in [0.1, 0.15) is 0 Å². The Labute approximate surface area is 157 Å². The van der Waals surface area contributed by atoms with E-state index in [0.29, 0.717) is 17.1 Å². The zero-order valence-electron chi connectivity index (χ0n) is 14.4. The predicted molar refractivity (Wildman–Crippen MR) is 104 cm³/mol. The minimum absolute atomic E-state index is 0.176. The van der Waals surface area contributed by atoms with Gasteiger partial charge >= 0.3 is 0 Å². The maximum Gasteiger partial charge on any atom is 0.206 e. The highest BCUT2D eigenvalue weighted by Crippen LogP contribution is 2.28. The topological polar surface area (TPSA) is 70.9 Å². The van der Waals surface area contributed by atoms with Gasteiger partial charge in [-0.1, -0.05) is 29.8 Å². The number of para-hydroxylation sites is 2. The van der Waals surface area contributed by atoms with Crippen LogP contribution in [0, 0.1) is 11.3 Å². The Hall–Kier alpha value is -2.55. The van der Waals surface area contributed by atoms with Crippen LogP contribution in [0.15, 0.2) is 42.5 Å². The molecule has 0 saturated carbocycles. The summed E-state index contributed by atoms with van der Waals surface area (Å²) in [6, 6.07) is 15.9. The zero-order chi connectivity index (χ0) is 18.1. The molecule has 1 fully saturated rings. The number of nitrogens with zero attached hydrogens (tertiary/aromatic N) is 4. The van der Waals surface area contributed by atoms with Crippen LogP contribution in [0.25, 0.3) is 11.0 Å². The second kappa shape index (κ2) is 6.99. The van der Waals surface area contributed by atoms with Gasteiger partial charge < -0.3 is 15.2 Å². The highest BCUT2D eigenvalue weighted by atomic mass is 35.5. The number of aromatic nitrogens is 2. The lowest BCUT2D eigenvalue weighted by Crippen LogP contribution is -2.44. The average molecular weight is 366 g/mol. The SMILES string of the molecule is N#Cc1ccc(Cn2c(N3CCCC(N)C3)nc3ccccc32)c(Cl)c1. The van der Waals surface area contributed by atoms with Crippen molar-refractivity contribution in [3.8, 4) is 6.07 Å². The molecule has 1 saturated heterocycles. The molecule has 2 aromatic carbocycles. The van der Waals surface area contributed by atoms with Crippen LogP contribution in [0.5, 0.6) is 0 Å². The molecular weight excluding hydrogens is 346 g/mol. The number of anilines is 1. The van der Waals surface area contributed by atoms with E-state index in [0.717, 1.165) is 48.5 Å². The first-order valence-electron chi connectivity index (χ1n) is 8.80. The van der Waals surface area contributed by atoms with Gasteiger partial charge in [0, 0.05) is 24.2 Å². The molecule has 0 radical (unpaired) electrons. The number of piperidine rings is 1. The molecule has 1 aromatic heterocycles. The number of nitrogens with two attached hydrogens (primary N) is 1. The van der Waals surface area contributed by atoms with Crippen LogP contribution < -0.4 is 10.6 Å². The molecule has 1 aliphatic rings. The van der Waals surface area contributed by atoms with E-state index in [-0.39, 0.29) is 6.04 Å². The minimum atomic E-state index is 0.176. The number of hydrogen-bond donors (Lipinski definition) is 1. The highest BCUT2D eigenvalue weighted by molar-refractivity contribution is 6.31. The van der Waals surface area contributed by atoms with Crippen molar-refractivity contribution in [2.75, 3.05) is 18.0 Å². The van der Waals surface area contributed by atoms with Crippen LogP contribution in [0.3, 0.4) is 0 Å². The summed E-state index contributed by atoms with van der Waals surface area (Å²) in [5.41, 5.74) is 9.76. The van der Waals surface area contributed by atoms with Gasteiger partial charge in [0.15, 0.2) is 0 Å². The van der Waals surface area contributed by atoms with Crippen LogP contribution in [-0.4, -0.2) is 28.7 Å². The van der Waals surface area contributed by atoms with E-state index in [1.54, 1.807) is 12.1 Å². The van der Waals surface area contributed by atoms with Gasteiger partial charge in [0.2, 0.25) is 5.95 Å². The fourth-order valence-corrected chi connectivity index (χ4v) is 3.81. The molecule has 2 N–H and O–H groups in total. The lowest BCUT2D eigenvalue weighted by Gasteiger charge is -2.32. The number of fused-ring (bicyclic) bond motifs is 1. The van der Waals surface area contributed by atoms with Crippen molar-refractivity contribution >= 4 is 28.6 Å². The van der Waals surface area contributed by atoms with Crippen LogP contribution in [0.4, 0.5) is 5.95 Å². The summed E-state index contributed by atoms with van der Waals surface area (Å²) in [6.07, 6.45) is 2.13. The highest BCUT2D eigenvalue weighted by Gasteiger charge is 2.23. The number of benzene rings is 2. The fourth-order valence-electron chi connectivity index (χ4n) is 3.57. The third-order valence-corrected chi connectivity index (χ3v) is 5.24. The molecule has 1 unspecified atom stereocenters. The Morgan fingerprint density at radius 1 is 1.27 bits per heavy atom. The quantitative estimate of drug-likeness (QED) is 0.770. The molecular formula is C20H20ClN5. The molecule has 0 bridgehead atoms. The third kappa shape index (κ3) is 3.14. The summed E-state index contributed by atoms with van der Waals surface area (Å²) in [6.45, 7) is 2.37. The van der Waals surface area contributed by atoms with Crippen LogP contribution in [-0.2, 0) is 6.54 Å². The molecule has 2 heterocycles. The van der Waals surface area contributed by atoms with Gasteiger partial charge in [0.05, 0.1) is 29.2 Å². The molecule has 3 aromatic rings. The summed E-state index contributed by atoms with van der Waals surface area (Å²) in [5, 5.41) is 9.65. The largest absolute Gasteiger partial charge is 0.341 e. The van der Waals surface area contributed by atoms with Gasteiger partial charge in [-0.25, -0.2) is 4.98 Å². The van der Waals surface area contributed by atoms with E-state index < -0.39 is 0 Å². The number of halogens is 1. The number of imidazole rings is 1. The molecule has 0 spiro atoms. The van der Waals surface area contributed by atoms with Gasteiger partial charge in [-0.05, 0) is 42.7 Å². The van der Waals surface area contributed by atoms with E-state index in [1.165, 1.54) is 0 Å². The Morgan fingerprint density at radius 2 is 2.12 bits per heavy atom. The third-order valence-electron chi connectivity index (χ3n) is 4.89. The van der Waals surface area contributed by atoms with Gasteiger partial charge in [-0.3, -0.25) is 0 Å². The minimum Gasteiger partial charge on any atom is -0.341 e. The smallest absolute Gasteiger partial charge is 0.206 e. The first-order valence-corrected chi connectivity index (χ1v) is 9.18. The van der Waals surface area contributed by atoms with Gasteiger partial charge in [0.25, 0.3) is 0 Å². The summed E-state index contributed by atoms with van der Waals surface area (Å²) < 4.78 is 2.20. The summed E-state index contributed by atoms with van der Waals surface area (Å²) in [4.78, 5) is 7.14. The van der Waals surface area contributed by atoms with Crippen molar-refractivity contribution in [2.24, 2.45) is 5.73 Å². The summed E-state index contributed by atoms with van der Waals surface area (Å²) in [7, 11) is 0. The molecule has 0 aliphatic carbocycles. The average Bonchev–Trinajstić information content (AvgIpc) is 3.02. The van der Waals surface area contributed by atoms with Gasteiger partial charge in [-0.2, -0.15) is 5.26 Å². The maximum absolute atomic E-state index is 9.05. The molecule has 4 rings (SSSR count). The normalized spacial score (nSPS) is 17.4. The Kier molecular flexibility index (Phi) is 4.54. The molecule has 1 atom stereocenters. The van der Waals surface area contributed by atoms with Crippen LogP contribution in [0.2, 0.25) is 5.02 Å². The van der Waals surface area contributed by atoms with Crippen LogP contribution >= 0.6 is 11.6 Å². The molecule has 5 nitrogen and oxygen atoms in total. The Balaban J connectivity index is 1.78. The standard InChI is InChI=1S/C20H20ClN5/c21-17-10-14(11-22)7-8-15(17)12-26-19-6-2-1-5-18(19)24-20(26)25-9-3-4-16(23)13-25/h1-2,5-8,10,16H,3-4,9,12-13,23H2. The van der Waals surface area contributed by atoms with Crippen molar-refractivity contribution < 1.29 is 0 Å². The summed E-state index contributed by atoms with van der Waals surface area (Å²) in [5.74, 6) is 0.932. The lowest BCUT2D eigenvalue weighted by molar-refractivity contribution is 0.495. The van der Waals surface area contributed by atoms with Gasteiger partial charge in [-0.15, -0.1) is 0 Å².